The molecule has 9 nitrogen and oxygen atoms in total. The highest BCUT2D eigenvalue weighted by atomic mass is 35.5. The lowest BCUT2D eigenvalue weighted by Gasteiger charge is -2.18. The molecule has 0 fully saturated rings. The van der Waals surface area contributed by atoms with E-state index in [0.717, 1.165) is 44.8 Å². The predicted octanol–water partition coefficient (Wildman–Crippen LogP) is 4.03. The van der Waals surface area contributed by atoms with Crippen LogP contribution in [0.25, 0.3) is 0 Å². The average molecular weight is 511 g/mol. The molecule has 190 valence electrons. The fraction of sp³-hybridized carbons (Fsp3) is 0.346. The van der Waals surface area contributed by atoms with Gasteiger partial charge in [-0.15, -0.1) is 0 Å². The molecule has 0 saturated carbocycles. The van der Waals surface area contributed by atoms with Gasteiger partial charge >= 0.3 is 0 Å². The minimum atomic E-state index is -0.259. The lowest BCUT2D eigenvalue weighted by atomic mass is 10.0. The molecule has 4 rings (SSSR count). The lowest BCUT2D eigenvalue weighted by Crippen LogP contribution is -2.29. The van der Waals surface area contributed by atoms with E-state index in [4.69, 9.17) is 21.1 Å². The third-order valence-electron chi connectivity index (χ3n) is 6.17. The van der Waals surface area contributed by atoms with Gasteiger partial charge in [0.15, 0.2) is 5.82 Å². The molecule has 1 aliphatic heterocycles. The molecule has 2 aromatic carbocycles. The number of para-hydroxylation sites is 1. The Morgan fingerprint density at radius 3 is 2.67 bits per heavy atom. The Morgan fingerprint density at radius 1 is 1.11 bits per heavy atom. The normalized spacial score (nSPS) is 13.4. The van der Waals surface area contributed by atoms with E-state index in [2.05, 4.69) is 43.0 Å². The minimum Gasteiger partial charge on any atom is -0.495 e. The number of nitrogens with zero attached hydrogens (tertiary/aromatic N) is 3. The quantitative estimate of drug-likeness (QED) is 0.396. The topological polar surface area (TPSA) is 101 Å². The van der Waals surface area contributed by atoms with Crippen molar-refractivity contribution < 1.29 is 14.3 Å². The van der Waals surface area contributed by atoms with Crippen molar-refractivity contribution in [2.75, 3.05) is 58.1 Å². The summed E-state index contributed by atoms with van der Waals surface area (Å²) < 4.78 is 10.7. The van der Waals surface area contributed by atoms with Gasteiger partial charge in [-0.2, -0.15) is 4.98 Å². The first-order valence-corrected chi connectivity index (χ1v) is 12.2. The molecule has 0 spiro atoms. The molecule has 3 N–H and O–H groups in total. The zero-order chi connectivity index (χ0) is 25.5. The van der Waals surface area contributed by atoms with Gasteiger partial charge < -0.3 is 30.3 Å². The van der Waals surface area contributed by atoms with E-state index >= 15 is 0 Å². The molecule has 1 amide bonds. The van der Waals surface area contributed by atoms with Gasteiger partial charge in [0, 0.05) is 39.5 Å². The van der Waals surface area contributed by atoms with Crippen LogP contribution < -0.4 is 20.7 Å². The molecule has 0 atom stereocenters. The van der Waals surface area contributed by atoms with Gasteiger partial charge in [-0.05, 0) is 48.2 Å². The maximum atomic E-state index is 12.4. The van der Waals surface area contributed by atoms with Gasteiger partial charge in [0.2, 0.25) is 5.95 Å². The Labute approximate surface area is 216 Å². The van der Waals surface area contributed by atoms with Crippen molar-refractivity contribution in [3.63, 3.8) is 0 Å². The van der Waals surface area contributed by atoms with E-state index < -0.39 is 0 Å². The molecule has 1 aliphatic rings. The fourth-order valence-corrected chi connectivity index (χ4v) is 4.35. The van der Waals surface area contributed by atoms with Crippen molar-refractivity contribution in [1.82, 2.24) is 20.2 Å². The van der Waals surface area contributed by atoms with E-state index in [1.54, 1.807) is 32.4 Å². The first-order chi connectivity index (χ1) is 17.5. The van der Waals surface area contributed by atoms with Gasteiger partial charge in [0.1, 0.15) is 10.8 Å². The summed E-state index contributed by atoms with van der Waals surface area (Å²) in [5.41, 5.74) is 4.45. The second-order valence-electron chi connectivity index (χ2n) is 8.42. The maximum Gasteiger partial charge on any atom is 0.253 e. The number of fused-ring (bicyclic) bond motifs is 1. The predicted molar refractivity (Wildman–Crippen MR) is 142 cm³/mol. The number of methoxy groups -OCH3 is 2. The molecule has 36 heavy (non-hydrogen) atoms. The third kappa shape index (κ3) is 6.04. The van der Waals surface area contributed by atoms with Crippen LogP contribution in [0.2, 0.25) is 5.02 Å². The van der Waals surface area contributed by atoms with Crippen LogP contribution in [0.5, 0.6) is 5.75 Å². The van der Waals surface area contributed by atoms with E-state index in [1.807, 2.05) is 6.07 Å². The first-order valence-electron chi connectivity index (χ1n) is 11.8. The monoisotopic (exact) mass is 510 g/mol. The van der Waals surface area contributed by atoms with Crippen molar-refractivity contribution in [2.45, 2.75) is 12.8 Å². The Balaban J connectivity index is 1.54. The summed E-state index contributed by atoms with van der Waals surface area (Å²) in [6.45, 7) is 3.71. The molecular weight excluding hydrogens is 480 g/mol. The van der Waals surface area contributed by atoms with Crippen molar-refractivity contribution in [3.05, 3.63) is 64.3 Å². The van der Waals surface area contributed by atoms with Gasteiger partial charge in [0.25, 0.3) is 5.91 Å². The number of amides is 1. The Hall–Kier alpha value is -3.40. The van der Waals surface area contributed by atoms with Crippen LogP contribution in [0.15, 0.2) is 42.6 Å². The zero-order valence-corrected chi connectivity index (χ0v) is 21.5. The summed E-state index contributed by atoms with van der Waals surface area (Å²) in [5.74, 6) is 0.970. The minimum absolute atomic E-state index is 0.259. The number of carbonyl (C=O) groups is 1. The summed E-state index contributed by atoms with van der Waals surface area (Å²) in [5, 5.41) is 9.39. The fourth-order valence-electron chi connectivity index (χ4n) is 4.21. The Bertz CT molecular complexity index is 1220. The number of nitrogens with one attached hydrogen (secondary N) is 3. The van der Waals surface area contributed by atoms with E-state index in [9.17, 15) is 4.79 Å². The number of aromatic nitrogens is 2. The highest BCUT2D eigenvalue weighted by Gasteiger charge is 2.18. The van der Waals surface area contributed by atoms with E-state index in [-0.39, 0.29) is 5.91 Å². The number of halogens is 1. The summed E-state index contributed by atoms with van der Waals surface area (Å²) in [7, 11) is 4.85. The number of carbonyl (C=O) groups excluding carboxylic acids is 1. The molecule has 1 aromatic heterocycles. The highest BCUT2D eigenvalue weighted by molar-refractivity contribution is 6.33. The molecule has 0 saturated heterocycles. The molecule has 0 unspecified atom stereocenters. The van der Waals surface area contributed by atoms with Crippen LogP contribution in [0, 0.1) is 0 Å². The Morgan fingerprint density at radius 2 is 1.92 bits per heavy atom. The maximum absolute atomic E-state index is 12.4. The Kier molecular flexibility index (Phi) is 8.58. The summed E-state index contributed by atoms with van der Waals surface area (Å²) in [6, 6.07) is 11.6. The molecule has 0 radical (unpaired) electrons. The van der Waals surface area contributed by atoms with Gasteiger partial charge in [-0.3, -0.25) is 4.79 Å². The molecule has 10 heteroatoms. The highest BCUT2D eigenvalue weighted by Crippen LogP contribution is 2.33. The van der Waals surface area contributed by atoms with Gasteiger partial charge in [-0.25, -0.2) is 4.98 Å². The molecule has 3 aromatic rings. The SMILES string of the molecule is CNC(=O)c1cccc(OC)c1Nc1nc(Nc2ccc3c(c2)CCN(CCOC)CC3)ncc1Cl. The first kappa shape index (κ1) is 25.7. The van der Waals surface area contributed by atoms with Crippen LogP contribution in [0.4, 0.5) is 23.1 Å². The molecule has 0 bridgehead atoms. The number of hydrogen-bond acceptors (Lipinski definition) is 8. The standard InChI is InChI=1S/C26H31ClN6O3/c1-28-25(34)20-5-4-6-22(36-3)23(20)31-24-21(27)16-29-26(32-24)30-19-8-7-17-9-11-33(13-14-35-2)12-10-18(17)15-19/h4-8,15-16H,9-14H2,1-3H3,(H,28,34)(H2,29,30,31,32). The number of hydrogen-bond donors (Lipinski definition) is 3. The summed E-state index contributed by atoms with van der Waals surface area (Å²) in [4.78, 5) is 23.7. The average Bonchev–Trinajstić information content (AvgIpc) is 3.10. The molecular formula is C26H31ClN6O3. The zero-order valence-electron chi connectivity index (χ0n) is 20.7. The molecule has 0 aliphatic carbocycles. The van der Waals surface area contributed by atoms with Crippen molar-refractivity contribution in [2.24, 2.45) is 0 Å². The van der Waals surface area contributed by atoms with Crippen LogP contribution in [0.1, 0.15) is 21.5 Å². The summed E-state index contributed by atoms with van der Waals surface area (Å²) >= 11 is 6.40. The van der Waals surface area contributed by atoms with Crippen molar-refractivity contribution >= 4 is 40.6 Å². The molecule has 2 heterocycles. The van der Waals surface area contributed by atoms with Gasteiger partial charge in [0.05, 0.1) is 31.2 Å². The smallest absolute Gasteiger partial charge is 0.253 e. The number of ether oxygens (including phenoxy) is 2. The van der Waals surface area contributed by atoms with Crippen LogP contribution in [0.3, 0.4) is 0 Å². The number of anilines is 4. The second kappa shape index (κ2) is 12.0. The van der Waals surface area contributed by atoms with Crippen molar-refractivity contribution in [3.8, 4) is 5.75 Å². The second-order valence-corrected chi connectivity index (χ2v) is 8.83. The van der Waals surface area contributed by atoms with E-state index in [1.165, 1.54) is 24.4 Å². The largest absolute Gasteiger partial charge is 0.495 e. The van der Waals surface area contributed by atoms with Gasteiger partial charge in [-0.1, -0.05) is 23.7 Å². The number of benzene rings is 2. The third-order valence-corrected chi connectivity index (χ3v) is 6.45. The van der Waals surface area contributed by atoms with Crippen molar-refractivity contribution in [1.29, 1.82) is 0 Å². The number of rotatable bonds is 9. The van der Waals surface area contributed by atoms with Crippen LogP contribution in [-0.4, -0.2) is 68.3 Å². The van der Waals surface area contributed by atoms with E-state index in [0.29, 0.717) is 33.8 Å². The van der Waals surface area contributed by atoms with Crippen LogP contribution in [-0.2, 0) is 17.6 Å². The summed E-state index contributed by atoms with van der Waals surface area (Å²) in [6.07, 6.45) is 3.50. The lowest BCUT2D eigenvalue weighted by molar-refractivity contribution is 0.0963. The van der Waals surface area contributed by atoms with Crippen LogP contribution >= 0.6 is 11.6 Å².